The molecule has 0 bridgehead atoms. The first kappa shape index (κ1) is 35.5. The van der Waals surface area contributed by atoms with E-state index in [1.165, 1.54) is 0 Å². The molecule has 10 aromatic rings. The number of fused-ring (bicyclic) bond motifs is 3. The van der Waals surface area contributed by atoms with Crippen LogP contribution in [0.1, 0.15) is 11.1 Å². The highest BCUT2D eigenvalue weighted by molar-refractivity contribution is 6.09. The molecule has 0 radical (unpaired) electrons. The fourth-order valence-electron chi connectivity index (χ4n) is 7.96. The van der Waals surface area contributed by atoms with Crippen molar-refractivity contribution in [1.29, 1.82) is 0 Å². The molecule has 0 saturated heterocycles. The molecule has 0 amide bonds. The van der Waals surface area contributed by atoms with Crippen molar-refractivity contribution in [2.75, 3.05) is 0 Å². The molecule has 0 saturated carbocycles. The molecular formula is C52H37N5O2. The van der Waals surface area contributed by atoms with Gasteiger partial charge in [-0.05, 0) is 115 Å². The van der Waals surface area contributed by atoms with Gasteiger partial charge in [-0.2, -0.15) is 0 Å². The first-order valence-electron chi connectivity index (χ1n) is 19.5. The lowest BCUT2D eigenvalue weighted by atomic mass is 9.96. The molecule has 0 fully saturated rings. The van der Waals surface area contributed by atoms with Crippen molar-refractivity contribution in [2.45, 2.75) is 13.8 Å². The highest BCUT2D eigenvalue weighted by Gasteiger charge is 2.20. The number of aromatic nitrogens is 5. The maximum Gasteiger partial charge on any atom is 0.234 e. The van der Waals surface area contributed by atoms with Gasteiger partial charge in [-0.1, -0.05) is 72.8 Å². The van der Waals surface area contributed by atoms with E-state index in [9.17, 15) is 0 Å². The third-order valence-corrected chi connectivity index (χ3v) is 10.6. The molecule has 0 unspecified atom stereocenters. The lowest BCUT2D eigenvalue weighted by Crippen LogP contribution is -2.00. The number of hydrogen-bond donors (Lipinski definition) is 0. The highest BCUT2D eigenvalue weighted by Crippen LogP contribution is 2.43. The Morgan fingerprint density at radius 2 is 0.831 bits per heavy atom. The Morgan fingerprint density at radius 1 is 0.390 bits per heavy atom. The molecule has 0 aliphatic rings. The fourth-order valence-corrected chi connectivity index (χ4v) is 7.96. The van der Waals surface area contributed by atoms with Crippen LogP contribution in [0.25, 0.3) is 72.5 Å². The molecule has 0 aliphatic heterocycles. The zero-order chi connectivity index (χ0) is 39.7. The summed E-state index contributed by atoms with van der Waals surface area (Å²) in [5, 5.41) is 2.07. The second-order valence-electron chi connectivity index (χ2n) is 14.4. The molecule has 4 aromatic heterocycles. The van der Waals surface area contributed by atoms with Gasteiger partial charge in [-0.25, -0.2) is 9.97 Å². The van der Waals surface area contributed by atoms with Gasteiger partial charge in [0.2, 0.25) is 5.95 Å². The average molecular weight is 764 g/mol. The van der Waals surface area contributed by atoms with Gasteiger partial charge in [0.05, 0.1) is 22.4 Å². The van der Waals surface area contributed by atoms with E-state index in [0.717, 1.165) is 89.2 Å². The van der Waals surface area contributed by atoms with Crippen LogP contribution in [0.3, 0.4) is 0 Å². The van der Waals surface area contributed by atoms with Crippen molar-refractivity contribution in [3.63, 3.8) is 0 Å². The normalized spacial score (nSPS) is 11.2. The van der Waals surface area contributed by atoms with E-state index in [4.69, 9.17) is 19.4 Å². The average Bonchev–Trinajstić information content (AvgIpc) is 3.60. The summed E-state index contributed by atoms with van der Waals surface area (Å²) in [4.78, 5) is 18.7. The van der Waals surface area contributed by atoms with Gasteiger partial charge in [0.15, 0.2) is 0 Å². The first-order chi connectivity index (χ1) is 29.1. The molecule has 59 heavy (non-hydrogen) atoms. The van der Waals surface area contributed by atoms with E-state index in [-0.39, 0.29) is 0 Å². The molecule has 7 nitrogen and oxygen atoms in total. The van der Waals surface area contributed by atoms with Gasteiger partial charge < -0.3 is 9.47 Å². The molecule has 7 heteroatoms. The molecule has 4 heterocycles. The van der Waals surface area contributed by atoms with Crippen LogP contribution in [0.15, 0.2) is 189 Å². The predicted molar refractivity (Wildman–Crippen MR) is 236 cm³/mol. The minimum atomic E-state index is 0.540. The zero-order valence-electron chi connectivity index (χ0n) is 32.5. The Labute approximate surface area is 341 Å². The predicted octanol–water partition coefficient (Wildman–Crippen LogP) is 13.2. The van der Waals surface area contributed by atoms with Crippen LogP contribution >= 0.6 is 0 Å². The van der Waals surface area contributed by atoms with E-state index in [1.54, 1.807) is 12.4 Å². The Balaban J connectivity index is 1.11. The lowest BCUT2D eigenvalue weighted by molar-refractivity contribution is 0.485. The van der Waals surface area contributed by atoms with Crippen LogP contribution in [-0.2, 0) is 0 Å². The van der Waals surface area contributed by atoms with Gasteiger partial charge in [0.1, 0.15) is 23.0 Å². The lowest BCUT2D eigenvalue weighted by Gasteiger charge is -2.17. The summed E-state index contributed by atoms with van der Waals surface area (Å²) < 4.78 is 15.9. The SMILES string of the molecule is Cc1cc(-c2ccccn2)cc(Oc2ccc3c4ccc(Oc5cc(-c6ccccn6)cc(C)c5-c5ccccc5)cc4n(-c4ncccn4)c3c2)c1-c1ccccc1. The van der Waals surface area contributed by atoms with E-state index < -0.39 is 0 Å². The Kier molecular flexibility index (Phi) is 9.16. The van der Waals surface area contributed by atoms with Gasteiger partial charge >= 0.3 is 0 Å². The number of ether oxygens (including phenoxy) is 2. The summed E-state index contributed by atoms with van der Waals surface area (Å²) >= 11 is 0. The van der Waals surface area contributed by atoms with Crippen molar-refractivity contribution < 1.29 is 9.47 Å². The molecule has 0 N–H and O–H groups in total. The minimum Gasteiger partial charge on any atom is -0.457 e. The monoisotopic (exact) mass is 763 g/mol. The quantitative estimate of drug-likeness (QED) is 0.146. The van der Waals surface area contributed by atoms with E-state index in [0.29, 0.717) is 17.4 Å². The molecule has 0 atom stereocenters. The van der Waals surface area contributed by atoms with Crippen LogP contribution in [0.2, 0.25) is 0 Å². The summed E-state index contributed by atoms with van der Waals surface area (Å²) in [6.07, 6.45) is 7.15. The topological polar surface area (TPSA) is 75.0 Å². The van der Waals surface area contributed by atoms with Gasteiger partial charge in [0.25, 0.3) is 0 Å². The van der Waals surface area contributed by atoms with E-state index in [2.05, 4.69) is 101 Å². The van der Waals surface area contributed by atoms with E-state index in [1.807, 2.05) is 103 Å². The van der Waals surface area contributed by atoms with Crippen molar-refractivity contribution in [1.82, 2.24) is 24.5 Å². The Morgan fingerprint density at radius 3 is 1.27 bits per heavy atom. The standard InChI is InChI=1S/C52H37N5O2/c1-34-28-38(44-18-9-11-24-53-44)30-48(50(34)36-14-5-3-6-15-36)58-40-20-22-42-43-23-21-41(33-47(43)57(46(42)32-40)52-55-26-13-27-56-52)59-49-31-39(45-19-10-12-25-54-45)29-35(2)51(49)37-16-7-4-8-17-37/h3-33H,1-2H3. The second kappa shape index (κ2) is 15.2. The summed E-state index contributed by atoms with van der Waals surface area (Å²) in [5.41, 5.74) is 11.9. The summed E-state index contributed by atoms with van der Waals surface area (Å²) in [6, 6.07) is 55.3. The van der Waals surface area contributed by atoms with Gasteiger partial charge in [-0.3, -0.25) is 14.5 Å². The summed E-state index contributed by atoms with van der Waals surface area (Å²) in [7, 11) is 0. The number of aryl methyl sites for hydroxylation is 2. The van der Waals surface area contributed by atoms with Gasteiger partial charge in [-0.15, -0.1) is 0 Å². The number of hydrogen-bond acceptors (Lipinski definition) is 6. The van der Waals surface area contributed by atoms with Crippen molar-refractivity contribution in [2.24, 2.45) is 0 Å². The van der Waals surface area contributed by atoms with Crippen LogP contribution in [0, 0.1) is 13.8 Å². The first-order valence-corrected chi connectivity index (χ1v) is 19.5. The van der Waals surface area contributed by atoms with E-state index >= 15 is 0 Å². The third kappa shape index (κ3) is 6.85. The van der Waals surface area contributed by atoms with Gasteiger partial charge in [0, 0.05) is 69.9 Å². The number of rotatable bonds is 9. The molecule has 10 rings (SSSR count). The summed E-state index contributed by atoms with van der Waals surface area (Å²) in [6.45, 7) is 4.24. The van der Waals surface area contributed by atoms with Crippen molar-refractivity contribution in [3.8, 4) is 73.7 Å². The number of benzene rings is 6. The Hall–Kier alpha value is -7.90. The maximum atomic E-state index is 6.91. The molecular weight excluding hydrogens is 727 g/mol. The summed E-state index contributed by atoms with van der Waals surface area (Å²) in [5.74, 6) is 3.37. The van der Waals surface area contributed by atoms with Crippen molar-refractivity contribution >= 4 is 21.8 Å². The maximum absolute atomic E-state index is 6.91. The number of pyridine rings is 2. The fraction of sp³-hybridized carbons (Fsp3) is 0.0385. The Bertz CT molecular complexity index is 2910. The largest absolute Gasteiger partial charge is 0.457 e. The molecule has 0 spiro atoms. The smallest absolute Gasteiger partial charge is 0.234 e. The third-order valence-electron chi connectivity index (χ3n) is 10.6. The molecule has 6 aromatic carbocycles. The van der Waals surface area contributed by atoms with Crippen LogP contribution < -0.4 is 9.47 Å². The van der Waals surface area contributed by atoms with Crippen LogP contribution in [0.4, 0.5) is 0 Å². The molecule has 0 aliphatic carbocycles. The van der Waals surface area contributed by atoms with Crippen LogP contribution in [0.5, 0.6) is 23.0 Å². The molecule has 282 valence electrons. The zero-order valence-corrected chi connectivity index (χ0v) is 32.5. The number of nitrogens with zero attached hydrogens (tertiary/aromatic N) is 5. The highest BCUT2D eigenvalue weighted by atomic mass is 16.5. The minimum absolute atomic E-state index is 0.540. The van der Waals surface area contributed by atoms with Crippen molar-refractivity contribution in [3.05, 3.63) is 200 Å². The second-order valence-corrected chi connectivity index (χ2v) is 14.4. The van der Waals surface area contributed by atoms with Crippen LogP contribution in [-0.4, -0.2) is 24.5 Å².